The van der Waals surface area contributed by atoms with Crippen LogP contribution in [0.4, 0.5) is 0 Å². The zero-order valence-electron chi connectivity index (χ0n) is 22.7. The van der Waals surface area contributed by atoms with Crippen LogP contribution >= 0.6 is 0 Å². The fourth-order valence-corrected chi connectivity index (χ4v) is 5.64. The average molecular weight is 553 g/mol. The van der Waals surface area contributed by atoms with Gasteiger partial charge in [0.25, 0.3) is 0 Å². The molecule has 1 heterocycles. The molecule has 1 atom stereocenters. The molecule has 1 aliphatic heterocycles. The topological polar surface area (TPSA) is 99.1 Å². The minimum absolute atomic E-state index is 0.0268. The Morgan fingerprint density at radius 3 is 2.41 bits per heavy atom. The number of carbonyl (C=O) groups is 1. The molecule has 0 saturated carbocycles. The van der Waals surface area contributed by atoms with Crippen molar-refractivity contribution in [2.24, 2.45) is 0 Å². The van der Waals surface area contributed by atoms with E-state index in [4.69, 9.17) is 19.3 Å². The van der Waals surface area contributed by atoms with E-state index in [2.05, 4.69) is 44.2 Å². The Morgan fingerprint density at radius 1 is 1.00 bits per heavy atom. The number of ether oxygens (including phenoxy) is 3. The Bertz CT molecular complexity index is 1410. The van der Waals surface area contributed by atoms with Crippen LogP contribution in [0, 0.1) is 0 Å². The molecule has 0 aliphatic carbocycles. The fraction of sp³-hybridized carbons (Fsp3) is 0.387. The van der Waals surface area contributed by atoms with Gasteiger partial charge >= 0.3 is 5.97 Å². The van der Waals surface area contributed by atoms with Crippen LogP contribution in [-0.2, 0) is 34.1 Å². The van der Waals surface area contributed by atoms with Gasteiger partial charge in [-0.25, -0.2) is 8.42 Å². The van der Waals surface area contributed by atoms with E-state index in [0.29, 0.717) is 30.3 Å². The van der Waals surface area contributed by atoms with Gasteiger partial charge < -0.3 is 19.3 Å². The van der Waals surface area contributed by atoms with Crippen molar-refractivity contribution in [1.29, 1.82) is 0 Å². The summed E-state index contributed by atoms with van der Waals surface area (Å²) in [6.45, 7) is 5.16. The summed E-state index contributed by atoms with van der Waals surface area (Å²) in [7, 11) is -3.06. The van der Waals surface area contributed by atoms with Crippen LogP contribution in [0.2, 0.25) is 0 Å². The molecule has 3 aromatic carbocycles. The summed E-state index contributed by atoms with van der Waals surface area (Å²) >= 11 is 0. The second-order valence-corrected chi connectivity index (χ2v) is 12.2. The second-order valence-electron chi connectivity index (χ2n) is 9.91. The molecular formula is C31H36O7S. The highest BCUT2D eigenvalue weighted by atomic mass is 32.2. The number of sulfone groups is 1. The molecular weight excluding hydrogens is 516 g/mol. The Kier molecular flexibility index (Phi) is 9.17. The van der Waals surface area contributed by atoms with Crippen molar-refractivity contribution in [3.05, 3.63) is 76.9 Å². The van der Waals surface area contributed by atoms with E-state index in [1.165, 1.54) is 22.9 Å². The first-order chi connectivity index (χ1) is 18.7. The molecule has 3 aromatic rings. The van der Waals surface area contributed by atoms with Gasteiger partial charge in [-0.05, 0) is 59.7 Å². The lowest BCUT2D eigenvalue weighted by Crippen LogP contribution is -2.09. The van der Waals surface area contributed by atoms with Crippen LogP contribution in [0.5, 0.6) is 17.2 Å². The van der Waals surface area contributed by atoms with E-state index in [0.717, 1.165) is 29.5 Å². The van der Waals surface area contributed by atoms with Crippen molar-refractivity contribution in [1.82, 2.24) is 0 Å². The molecule has 0 spiro atoms. The fourth-order valence-electron chi connectivity index (χ4n) is 4.99. The molecule has 0 bridgehead atoms. The predicted molar refractivity (Wildman–Crippen MR) is 152 cm³/mol. The summed E-state index contributed by atoms with van der Waals surface area (Å²) in [6, 6.07) is 18.0. The minimum Gasteiger partial charge on any atom is -0.493 e. The lowest BCUT2D eigenvalue weighted by atomic mass is 9.91. The number of benzene rings is 3. The third kappa shape index (κ3) is 7.32. The molecule has 39 heavy (non-hydrogen) atoms. The lowest BCUT2D eigenvalue weighted by Gasteiger charge is -2.18. The average Bonchev–Trinajstić information content (AvgIpc) is 3.30. The summed E-state index contributed by atoms with van der Waals surface area (Å²) in [6.07, 6.45) is 3.48. The Morgan fingerprint density at radius 2 is 1.74 bits per heavy atom. The normalized spacial score (nSPS) is 14.5. The monoisotopic (exact) mass is 552 g/mol. The summed E-state index contributed by atoms with van der Waals surface area (Å²) in [4.78, 5) is 11.2. The van der Waals surface area contributed by atoms with Gasteiger partial charge in [0, 0.05) is 29.4 Å². The molecule has 0 aromatic heterocycles. The molecule has 7 nitrogen and oxygen atoms in total. The summed E-state index contributed by atoms with van der Waals surface area (Å²) in [5, 5.41) is 9.16. The molecule has 0 fully saturated rings. The van der Waals surface area contributed by atoms with Crippen molar-refractivity contribution in [3.63, 3.8) is 0 Å². The Balaban J connectivity index is 1.59. The van der Waals surface area contributed by atoms with Gasteiger partial charge in [-0.2, -0.15) is 0 Å². The van der Waals surface area contributed by atoms with Crippen LogP contribution in [0.1, 0.15) is 54.9 Å². The highest BCUT2D eigenvalue weighted by Crippen LogP contribution is 2.39. The molecule has 1 aliphatic rings. The maximum absolute atomic E-state index is 11.5. The molecule has 0 radical (unpaired) electrons. The summed E-state index contributed by atoms with van der Waals surface area (Å²) in [5.41, 5.74) is 6.59. The number of fused-ring (bicyclic) bond motifs is 1. The van der Waals surface area contributed by atoms with Crippen LogP contribution in [-0.4, -0.2) is 44.7 Å². The van der Waals surface area contributed by atoms with E-state index < -0.39 is 15.8 Å². The van der Waals surface area contributed by atoms with Gasteiger partial charge in [0.2, 0.25) is 0 Å². The smallest absolute Gasteiger partial charge is 0.304 e. The summed E-state index contributed by atoms with van der Waals surface area (Å²) in [5.74, 6) is 0.963. The van der Waals surface area contributed by atoms with Crippen molar-refractivity contribution in [3.8, 4) is 28.4 Å². The highest BCUT2D eigenvalue weighted by Gasteiger charge is 2.26. The Labute approximate surface area is 230 Å². The zero-order chi connectivity index (χ0) is 28.0. The zero-order valence-corrected chi connectivity index (χ0v) is 23.6. The molecule has 8 heteroatoms. The maximum atomic E-state index is 11.5. The van der Waals surface area contributed by atoms with Gasteiger partial charge in [0.1, 0.15) is 33.7 Å². The number of aliphatic carboxylic acids is 1. The standard InChI is InChI=1S/C31H36O7S/c1-4-21-8-6-9-22(5-2)31(21)23-10-13-28(36-14-7-15-39(3,34)35)25(16-23)20-37-26-11-12-27-24(17-30(32)33)19-38-29(27)18-26/h6,8-13,16,18,24H,4-5,7,14-15,17,19-20H2,1-3H3,(H,32,33)/t24-/m1/s1. The van der Waals surface area contributed by atoms with Crippen LogP contribution < -0.4 is 14.2 Å². The first kappa shape index (κ1) is 28.5. The van der Waals surface area contributed by atoms with Crippen molar-refractivity contribution < 1.29 is 32.5 Å². The number of aryl methyl sites for hydroxylation is 2. The number of hydrogen-bond donors (Lipinski definition) is 1. The molecule has 4 rings (SSSR count). The van der Waals surface area contributed by atoms with E-state index in [-0.39, 0.29) is 31.3 Å². The molecule has 0 amide bonds. The first-order valence-electron chi connectivity index (χ1n) is 13.3. The van der Waals surface area contributed by atoms with E-state index >= 15 is 0 Å². The van der Waals surface area contributed by atoms with Gasteiger partial charge in [0.15, 0.2) is 0 Å². The minimum atomic E-state index is -3.06. The van der Waals surface area contributed by atoms with Gasteiger partial charge in [-0.1, -0.05) is 44.2 Å². The number of carboxylic acid groups (broad SMARTS) is 1. The van der Waals surface area contributed by atoms with E-state index in [1.54, 1.807) is 6.07 Å². The third-order valence-corrected chi connectivity index (χ3v) is 7.98. The van der Waals surface area contributed by atoms with E-state index in [9.17, 15) is 13.2 Å². The van der Waals surface area contributed by atoms with Crippen molar-refractivity contribution in [2.45, 2.75) is 52.1 Å². The van der Waals surface area contributed by atoms with Gasteiger partial charge in [-0.3, -0.25) is 4.79 Å². The van der Waals surface area contributed by atoms with Crippen molar-refractivity contribution >= 4 is 15.8 Å². The molecule has 1 N–H and O–H groups in total. The summed E-state index contributed by atoms with van der Waals surface area (Å²) < 4.78 is 41.0. The number of carboxylic acids is 1. The number of rotatable bonds is 13. The number of hydrogen-bond acceptors (Lipinski definition) is 6. The predicted octanol–water partition coefficient (Wildman–Crippen LogP) is 5.82. The van der Waals surface area contributed by atoms with Crippen LogP contribution in [0.15, 0.2) is 54.6 Å². The Hall–Kier alpha value is -3.52. The molecule has 0 saturated heterocycles. The highest BCUT2D eigenvalue weighted by molar-refractivity contribution is 7.90. The SMILES string of the molecule is CCc1cccc(CC)c1-c1ccc(OCCCS(C)(=O)=O)c(COc2ccc3c(c2)OC[C@H]3CC(=O)O)c1. The van der Waals surface area contributed by atoms with Crippen molar-refractivity contribution in [2.75, 3.05) is 25.2 Å². The van der Waals surface area contributed by atoms with E-state index in [1.807, 2.05) is 18.2 Å². The molecule has 208 valence electrons. The largest absolute Gasteiger partial charge is 0.493 e. The lowest BCUT2D eigenvalue weighted by molar-refractivity contribution is -0.137. The third-order valence-electron chi connectivity index (χ3n) is 6.95. The quantitative estimate of drug-likeness (QED) is 0.267. The first-order valence-corrected chi connectivity index (χ1v) is 15.4. The molecule has 0 unspecified atom stereocenters. The van der Waals surface area contributed by atoms with Gasteiger partial charge in [0.05, 0.1) is 25.4 Å². The second kappa shape index (κ2) is 12.6. The van der Waals surface area contributed by atoms with Crippen LogP contribution in [0.3, 0.4) is 0 Å². The van der Waals surface area contributed by atoms with Gasteiger partial charge in [-0.15, -0.1) is 0 Å². The maximum Gasteiger partial charge on any atom is 0.304 e. The van der Waals surface area contributed by atoms with Crippen LogP contribution in [0.25, 0.3) is 11.1 Å².